The van der Waals surface area contributed by atoms with Crippen molar-refractivity contribution < 1.29 is 19.1 Å². The molecule has 8 unspecified atom stereocenters. The number of allylic oxidation sites excluding steroid dienone is 1. The predicted octanol–water partition coefficient (Wildman–Crippen LogP) is 5.70. The zero-order valence-corrected chi connectivity index (χ0v) is 19.5. The van der Waals surface area contributed by atoms with Gasteiger partial charge in [0.05, 0.1) is 7.11 Å². The van der Waals surface area contributed by atoms with Crippen LogP contribution in [0.5, 0.6) is 0 Å². The molecule has 4 heteroatoms. The summed E-state index contributed by atoms with van der Waals surface area (Å²) < 4.78 is 10.5. The fourth-order valence-corrected chi connectivity index (χ4v) is 8.43. The van der Waals surface area contributed by atoms with Crippen molar-refractivity contribution in [2.24, 2.45) is 40.4 Å². The summed E-state index contributed by atoms with van der Waals surface area (Å²) in [6, 6.07) is 0. The lowest BCUT2D eigenvalue weighted by Crippen LogP contribution is -2.51. The van der Waals surface area contributed by atoms with Gasteiger partial charge in [0.25, 0.3) is 0 Å². The van der Waals surface area contributed by atoms with Crippen molar-refractivity contribution in [2.75, 3.05) is 7.11 Å². The van der Waals surface area contributed by atoms with E-state index in [1.807, 2.05) is 0 Å². The van der Waals surface area contributed by atoms with Crippen LogP contribution in [0.4, 0.5) is 0 Å². The third kappa shape index (κ3) is 3.52. The summed E-state index contributed by atoms with van der Waals surface area (Å²) in [5.74, 6) is 3.09. The first-order chi connectivity index (χ1) is 14.2. The van der Waals surface area contributed by atoms with Crippen molar-refractivity contribution in [2.45, 2.75) is 91.6 Å². The molecule has 30 heavy (non-hydrogen) atoms. The van der Waals surface area contributed by atoms with Gasteiger partial charge in [0, 0.05) is 19.8 Å². The number of methoxy groups -OCH3 is 1. The number of ether oxygens (including phenoxy) is 2. The van der Waals surface area contributed by atoms with E-state index in [9.17, 15) is 9.59 Å². The number of carbonyl (C=O) groups is 2. The monoisotopic (exact) mass is 416 g/mol. The van der Waals surface area contributed by atoms with Gasteiger partial charge >= 0.3 is 11.9 Å². The van der Waals surface area contributed by atoms with Crippen molar-refractivity contribution in [3.8, 4) is 0 Å². The Hall–Kier alpha value is -1.32. The second-order valence-corrected chi connectivity index (χ2v) is 11.2. The van der Waals surface area contributed by atoms with Gasteiger partial charge in [-0.3, -0.25) is 9.59 Å². The molecule has 0 aromatic heterocycles. The van der Waals surface area contributed by atoms with E-state index in [0.717, 1.165) is 37.0 Å². The maximum atomic E-state index is 11.9. The highest BCUT2D eigenvalue weighted by Gasteiger charge is 2.59. The van der Waals surface area contributed by atoms with Gasteiger partial charge in [-0.25, -0.2) is 0 Å². The minimum absolute atomic E-state index is 0.0643. The van der Waals surface area contributed by atoms with Gasteiger partial charge in [-0.05, 0) is 85.4 Å². The standard InChI is InChI=1S/C26H40O4/c1-16(14-24(28)29-5)21-8-9-22-20-7-6-18-15-19(30-17(2)27)10-12-25(18,3)23(20)11-13-26(21,22)4/h6,16,19-23H,7-15H2,1-5H3. The minimum atomic E-state index is -0.149. The molecule has 0 radical (unpaired) electrons. The molecule has 3 fully saturated rings. The summed E-state index contributed by atoms with van der Waals surface area (Å²) in [4.78, 5) is 23.3. The number of esters is 2. The Morgan fingerprint density at radius 1 is 1.13 bits per heavy atom. The Labute approximate surface area is 182 Å². The molecule has 0 aromatic rings. The molecule has 0 heterocycles. The SMILES string of the molecule is COC(=O)CC(C)C1CCC2C3CC=C4CC(OC(C)=O)CCC4(C)C3CCC12C. The van der Waals surface area contributed by atoms with Gasteiger partial charge in [-0.2, -0.15) is 0 Å². The second kappa shape index (κ2) is 7.98. The molecule has 8 atom stereocenters. The van der Waals surface area contributed by atoms with E-state index in [0.29, 0.717) is 23.7 Å². The van der Waals surface area contributed by atoms with E-state index in [4.69, 9.17) is 9.47 Å². The molecule has 168 valence electrons. The smallest absolute Gasteiger partial charge is 0.305 e. The summed E-state index contributed by atoms with van der Waals surface area (Å²) >= 11 is 0. The first kappa shape index (κ1) is 21.9. The second-order valence-electron chi connectivity index (χ2n) is 11.2. The predicted molar refractivity (Wildman–Crippen MR) is 117 cm³/mol. The van der Waals surface area contributed by atoms with Crippen LogP contribution in [0.2, 0.25) is 0 Å². The lowest BCUT2D eigenvalue weighted by Gasteiger charge is -2.58. The van der Waals surface area contributed by atoms with Gasteiger partial charge in [-0.15, -0.1) is 0 Å². The summed E-state index contributed by atoms with van der Waals surface area (Å²) in [6.07, 6.45) is 12.5. The molecule has 0 saturated heterocycles. The fraction of sp³-hybridized carbons (Fsp3) is 0.846. The van der Waals surface area contributed by atoms with Gasteiger partial charge in [0.1, 0.15) is 6.10 Å². The van der Waals surface area contributed by atoms with Crippen LogP contribution in [0.25, 0.3) is 0 Å². The van der Waals surface area contributed by atoms with Crippen LogP contribution in [-0.4, -0.2) is 25.2 Å². The molecular formula is C26H40O4. The van der Waals surface area contributed by atoms with Crippen molar-refractivity contribution >= 4 is 11.9 Å². The van der Waals surface area contributed by atoms with Crippen LogP contribution in [0.1, 0.15) is 85.5 Å². The Morgan fingerprint density at radius 2 is 1.90 bits per heavy atom. The van der Waals surface area contributed by atoms with E-state index < -0.39 is 0 Å². The summed E-state index contributed by atoms with van der Waals surface area (Å²) in [5.41, 5.74) is 2.18. The van der Waals surface area contributed by atoms with Crippen LogP contribution in [-0.2, 0) is 19.1 Å². The van der Waals surface area contributed by atoms with E-state index in [1.165, 1.54) is 46.1 Å². The van der Waals surface area contributed by atoms with E-state index in [1.54, 1.807) is 5.57 Å². The molecule has 4 aliphatic carbocycles. The zero-order valence-electron chi connectivity index (χ0n) is 19.5. The van der Waals surface area contributed by atoms with Crippen LogP contribution < -0.4 is 0 Å². The van der Waals surface area contributed by atoms with Crippen molar-refractivity contribution in [3.05, 3.63) is 11.6 Å². The number of hydrogen-bond acceptors (Lipinski definition) is 4. The average molecular weight is 417 g/mol. The van der Waals surface area contributed by atoms with Gasteiger partial charge in [0.2, 0.25) is 0 Å². The lowest BCUT2D eigenvalue weighted by molar-refractivity contribution is -0.149. The Balaban J connectivity index is 1.52. The normalized spacial score (nSPS) is 43.5. The van der Waals surface area contributed by atoms with Crippen LogP contribution in [0.3, 0.4) is 0 Å². The molecular weight excluding hydrogens is 376 g/mol. The summed E-state index contributed by atoms with van der Waals surface area (Å²) in [5, 5.41) is 0. The van der Waals surface area contributed by atoms with Crippen molar-refractivity contribution in [3.63, 3.8) is 0 Å². The molecule has 0 spiro atoms. The minimum Gasteiger partial charge on any atom is -0.469 e. The summed E-state index contributed by atoms with van der Waals surface area (Å²) in [7, 11) is 1.50. The molecule has 4 aliphatic rings. The average Bonchev–Trinajstić information content (AvgIpc) is 3.05. The summed E-state index contributed by atoms with van der Waals surface area (Å²) in [6.45, 7) is 8.81. The highest BCUT2D eigenvalue weighted by atomic mass is 16.5. The molecule has 0 amide bonds. The maximum Gasteiger partial charge on any atom is 0.305 e. The first-order valence-corrected chi connectivity index (χ1v) is 12.1. The number of rotatable bonds is 4. The third-order valence-corrected chi connectivity index (χ3v) is 9.87. The van der Waals surface area contributed by atoms with Crippen molar-refractivity contribution in [1.82, 2.24) is 0 Å². The molecule has 4 nitrogen and oxygen atoms in total. The topological polar surface area (TPSA) is 52.6 Å². The lowest BCUT2D eigenvalue weighted by atomic mass is 9.47. The largest absolute Gasteiger partial charge is 0.469 e. The third-order valence-electron chi connectivity index (χ3n) is 9.87. The Morgan fingerprint density at radius 3 is 2.60 bits per heavy atom. The molecule has 0 N–H and O–H groups in total. The van der Waals surface area contributed by atoms with Crippen molar-refractivity contribution in [1.29, 1.82) is 0 Å². The highest BCUT2D eigenvalue weighted by Crippen LogP contribution is 2.67. The number of carbonyl (C=O) groups excluding carboxylic acids is 2. The molecule has 4 rings (SSSR count). The maximum absolute atomic E-state index is 11.9. The number of fused-ring (bicyclic) bond motifs is 5. The number of hydrogen-bond donors (Lipinski definition) is 0. The van der Waals surface area contributed by atoms with Crippen LogP contribution in [0.15, 0.2) is 11.6 Å². The van der Waals surface area contributed by atoms with Gasteiger partial charge in [0.15, 0.2) is 0 Å². The van der Waals surface area contributed by atoms with E-state index in [-0.39, 0.29) is 23.5 Å². The van der Waals surface area contributed by atoms with E-state index >= 15 is 0 Å². The van der Waals surface area contributed by atoms with Gasteiger partial charge in [-0.1, -0.05) is 32.4 Å². The molecule has 0 aliphatic heterocycles. The van der Waals surface area contributed by atoms with Crippen LogP contribution in [0, 0.1) is 40.4 Å². The van der Waals surface area contributed by atoms with Gasteiger partial charge < -0.3 is 9.47 Å². The highest BCUT2D eigenvalue weighted by molar-refractivity contribution is 5.69. The van der Waals surface area contributed by atoms with E-state index in [2.05, 4.69) is 26.8 Å². The first-order valence-electron chi connectivity index (χ1n) is 12.1. The molecule has 0 aromatic carbocycles. The fourth-order valence-electron chi connectivity index (χ4n) is 8.43. The Bertz CT molecular complexity index is 727. The van der Waals surface area contributed by atoms with Crippen LogP contribution >= 0.6 is 0 Å². The zero-order chi connectivity index (χ0) is 21.7. The quantitative estimate of drug-likeness (QED) is 0.436. The molecule has 3 saturated carbocycles. The Kier molecular flexibility index (Phi) is 5.83. The molecule has 0 bridgehead atoms.